The van der Waals surface area contributed by atoms with E-state index in [4.69, 9.17) is 16.1 Å². The fourth-order valence-electron chi connectivity index (χ4n) is 2.40. The van der Waals surface area contributed by atoms with E-state index in [0.717, 1.165) is 23.4 Å². The van der Waals surface area contributed by atoms with E-state index in [1.165, 1.54) is 0 Å². The minimum absolute atomic E-state index is 0.574. The third-order valence-corrected chi connectivity index (χ3v) is 4.91. The Kier molecular flexibility index (Phi) is 5.40. The van der Waals surface area contributed by atoms with Gasteiger partial charge in [-0.15, -0.1) is 5.10 Å². The molecule has 3 heterocycles. The Labute approximate surface area is 164 Å². The maximum atomic E-state index is 6.04. The van der Waals surface area contributed by atoms with Crippen LogP contribution in [0.15, 0.2) is 58.5 Å². The van der Waals surface area contributed by atoms with E-state index in [2.05, 4.69) is 30.7 Å². The molecule has 0 unspecified atom stereocenters. The second-order valence-corrected chi connectivity index (χ2v) is 7.05. The van der Waals surface area contributed by atoms with Crippen molar-refractivity contribution in [3.05, 3.63) is 59.7 Å². The van der Waals surface area contributed by atoms with E-state index in [0.29, 0.717) is 28.3 Å². The van der Waals surface area contributed by atoms with Crippen LogP contribution in [-0.2, 0) is 6.42 Å². The standard InChI is InChI=1S/C17H14ClN7OS/c18-13-3-1-4-14(11-13)25-17(21-23-24-25)27-10-2-5-15-20-16(22-26-15)12-6-8-19-9-7-12/h1,3-4,6-9,11H,2,5,10H2. The summed E-state index contributed by atoms with van der Waals surface area (Å²) in [5, 5.41) is 17.2. The summed E-state index contributed by atoms with van der Waals surface area (Å²) in [5.74, 6) is 2.00. The van der Waals surface area contributed by atoms with Gasteiger partial charge in [0.05, 0.1) is 5.69 Å². The number of halogens is 1. The number of hydrogen-bond donors (Lipinski definition) is 0. The van der Waals surface area contributed by atoms with Gasteiger partial charge in [-0.1, -0.05) is 34.6 Å². The number of thioether (sulfide) groups is 1. The van der Waals surface area contributed by atoms with Crippen LogP contribution in [0, 0.1) is 0 Å². The maximum absolute atomic E-state index is 6.04. The summed E-state index contributed by atoms with van der Waals surface area (Å²) in [7, 11) is 0. The first-order valence-electron chi connectivity index (χ1n) is 8.20. The molecule has 4 aromatic rings. The van der Waals surface area contributed by atoms with Gasteiger partial charge in [0, 0.05) is 35.2 Å². The number of aryl methyl sites for hydroxylation is 1. The molecule has 1 aromatic carbocycles. The predicted molar refractivity (Wildman–Crippen MR) is 101 cm³/mol. The molecular weight excluding hydrogens is 386 g/mol. The number of hydrogen-bond acceptors (Lipinski definition) is 8. The molecule has 0 saturated heterocycles. The van der Waals surface area contributed by atoms with Crippen molar-refractivity contribution in [1.82, 2.24) is 35.3 Å². The number of benzene rings is 1. The Bertz CT molecular complexity index is 1020. The van der Waals surface area contributed by atoms with Gasteiger partial charge in [-0.2, -0.15) is 9.67 Å². The van der Waals surface area contributed by atoms with Crippen LogP contribution >= 0.6 is 23.4 Å². The average molecular weight is 400 g/mol. The maximum Gasteiger partial charge on any atom is 0.226 e. The Hall–Kier alpha value is -2.78. The number of pyridine rings is 1. The molecule has 0 aliphatic carbocycles. The molecule has 0 amide bonds. The third kappa shape index (κ3) is 4.32. The van der Waals surface area contributed by atoms with Crippen molar-refractivity contribution in [2.75, 3.05) is 5.75 Å². The summed E-state index contributed by atoms with van der Waals surface area (Å²) < 4.78 is 6.98. The smallest absolute Gasteiger partial charge is 0.226 e. The zero-order valence-electron chi connectivity index (χ0n) is 14.1. The Balaban J connectivity index is 1.33. The van der Waals surface area contributed by atoms with E-state index in [1.54, 1.807) is 28.8 Å². The molecular formula is C17H14ClN7OS. The molecule has 4 rings (SSSR count). The number of aromatic nitrogens is 7. The van der Waals surface area contributed by atoms with Gasteiger partial charge in [0.25, 0.3) is 0 Å². The van der Waals surface area contributed by atoms with Crippen LogP contribution in [0.4, 0.5) is 0 Å². The van der Waals surface area contributed by atoms with Crippen molar-refractivity contribution >= 4 is 23.4 Å². The van der Waals surface area contributed by atoms with E-state index in [1.807, 2.05) is 36.4 Å². The lowest BCUT2D eigenvalue weighted by Gasteiger charge is -2.04. The molecule has 0 aliphatic heterocycles. The van der Waals surface area contributed by atoms with Crippen molar-refractivity contribution in [3.63, 3.8) is 0 Å². The van der Waals surface area contributed by atoms with Gasteiger partial charge in [-0.3, -0.25) is 4.98 Å². The lowest BCUT2D eigenvalue weighted by atomic mass is 10.2. The molecule has 8 nitrogen and oxygen atoms in total. The van der Waals surface area contributed by atoms with Gasteiger partial charge >= 0.3 is 0 Å². The minimum atomic E-state index is 0.574. The van der Waals surface area contributed by atoms with Crippen molar-refractivity contribution in [2.24, 2.45) is 0 Å². The second-order valence-electron chi connectivity index (χ2n) is 5.55. The van der Waals surface area contributed by atoms with Gasteiger partial charge in [0.2, 0.25) is 16.9 Å². The number of tetrazole rings is 1. The topological polar surface area (TPSA) is 95.4 Å². The number of rotatable bonds is 7. The molecule has 0 saturated carbocycles. The van der Waals surface area contributed by atoms with Crippen molar-refractivity contribution in [3.8, 4) is 17.1 Å². The molecule has 0 atom stereocenters. The normalized spacial score (nSPS) is 11.0. The molecule has 0 bridgehead atoms. The Morgan fingerprint density at radius 3 is 2.89 bits per heavy atom. The van der Waals surface area contributed by atoms with Gasteiger partial charge in [-0.25, -0.2) is 0 Å². The van der Waals surface area contributed by atoms with Crippen molar-refractivity contribution in [1.29, 1.82) is 0 Å². The van der Waals surface area contributed by atoms with Crippen LogP contribution < -0.4 is 0 Å². The molecule has 10 heteroatoms. The summed E-state index contributed by atoms with van der Waals surface area (Å²) in [6.45, 7) is 0. The monoisotopic (exact) mass is 399 g/mol. The summed E-state index contributed by atoms with van der Waals surface area (Å²) in [4.78, 5) is 8.40. The summed E-state index contributed by atoms with van der Waals surface area (Å²) in [6.07, 6.45) is 4.94. The lowest BCUT2D eigenvalue weighted by Crippen LogP contribution is -1.99. The van der Waals surface area contributed by atoms with E-state index >= 15 is 0 Å². The first-order chi connectivity index (χ1) is 13.3. The van der Waals surface area contributed by atoms with Crippen molar-refractivity contribution in [2.45, 2.75) is 18.0 Å². The Morgan fingerprint density at radius 2 is 2.04 bits per heavy atom. The fourth-order valence-corrected chi connectivity index (χ4v) is 3.41. The van der Waals surface area contributed by atoms with Crippen LogP contribution in [0.25, 0.3) is 17.1 Å². The highest BCUT2D eigenvalue weighted by atomic mass is 35.5. The number of nitrogens with zero attached hydrogens (tertiary/aromatic N) is 7. The SMILES string of the molecule is Clc1cccc(-n2nnnc2SCCCc2nc(-c3ccncc3)no2)c1. The molecule has 0 spiro atoms. The fraction of sp³-hybridized carbons (Fsp3) is 0.176. The molecule has 27 heavy (non-hydrogen) atoms. The van der Waals surface area contributed by atoms with Crippen LogP contribution in [0.2, 0.25) is 5.02 Å². The highest BCUT2D eigenvalue weighted by Gasteiger charge is 2.11. The predicted octanol–water partition coefficient (Wildman–Crippen LogP) is 3.49. The Morgan fingerprint density at radius 1 is 1.15 bits per heavy atom. The van der Waals surface area contributed by atoms with Crippen molar-refractivity contribution < 1.29 is 4.52 Å². The first-order valence-corrected chi connectivity index (χ1v) is 9.56. The van der Waals surface area contributed by atoms with E-state index in [9.17, 15) is 0 Å². The molecule has 3 aromatic heterocycles. The summed E-state index contributed by atoms with van der Waals surface area (Å²) in [6, 6.07) is 11.1. The van der Waals surface area contributed by atoms with Gasteiger partial charge in [-0.05, 0) is 47.2 Å². The summed E-state index contributed by atoms with van der Waals surface area (Å²) in [5.41, 5.74) is 1.71. The van der Waals surface area contributed by atoms with Crippen LogP contribution in [0.1, 0.15) is 12.3 Å². The molecule has 0 radical (unpaired) electrons. The quantitative estimate of drug-likeness (QED) is 0.344. The van der Waals surface area contributed by atoms with Gasteiger partial charge < -0.3 is 4.52 Å². The first kappa shape index (κ1) is 17.6. The zero-order valence-corrected chi connectivity index (χ0v) is 15.6. The highest BCUT2D eigenvalue weighted by molar-refractivity contribution is 7.99. The van der Waals surface area contributed by atoms with Gasteiger partial charge in [0.1, 0.15) is 0 Å². The molecule has 0 aliphatic rings. The molecule has 0 N–H and O–H groups in total. The average Bonchev–Trinajstić information content (AvgIpc) is 3.36. The second kappa shape index (κ2) is 8.28. The van der Waals surface area contributed by atoms with E-state index in [-0.39, 0.29) is 0 Å². The van der Waals surface area contributed by atoms with Crippen LogP contribution in [-0.4, -0.2) is 41.1 Å². The summed E-state index contributed by atoms with van der Waals surface area (Å²) >= 11 is 7.60. The van der Waals surface area contributed by atoms with E-state index < -0.39 is 0 Å². The molecule has 136 valence electrons. The minimum Gasteiger partial charge on any atom is -0.339 e. The molecule has 0 fully saturated rings. The highest BCUT2D eigenvalue weighted by Crippen LogP contribution is 2.22. The van der Waals surface area contributed by atoms with Gasteiger partial charge in [0.15, 0.2) is 0 Å². The zero-order chi connectivity index (χ0) is 18.5. The third-order valence-electron chi connectivity index (χ3n) is 3.67. The largest absolute Gasteiger partial charge is 0.339 e. The van der Waals surface area contributed by atoms with Crippen LogP contribution in [0.5, 0.6) is 0 Å². The lowest BCUT2D eigenvalue weighted by molar-refractivity contribution is 0.378. The van der Waals surface area contributed by atoms with Crippen LogP contribution in [0.3, 0.4) is 0 Å².